The van der Waals surface area contributed by atoms with Crippen LogP contribution in [0.25, 0.3) is 5.69 Å². The van der Waals surface area contributed by atoms with E-state index in [9.17, 15) is 4.79 Å². The molecule has 6 N–H and O–H groups in total. The molecule has 3 aromatic rings. The molecule has 10 heteroatoms. The Bertz CT molecular complexity index is 1060. The third-order valence-electron chi connectivity index (χ3n) is 5.34. The lowest BCUT2D eigenvalue weighted by molar-refractivity contribution is 0.100. The van der Waals surface area contributed by atoms with Gasteiger partial charge in [0.15, 0.2) is 0 Å². The number of anilines is 3. The number of aromatic nitrogens is 5. The molecule has 0 saturated heterocycles. The molecule has 0 unspecified atom stereocenters. The SMILES string of the molecule is CC(C)C[C@@H](Nc1ncc(C(N)=O)c(Nc2cccc(-n3nccn3)c2)n1)C1(N)CC1. The first kappa shape index (κ1) is 20.7. The number of nitrogens with one attached hydrogen (secondary N) is 2. The third-order valence-corrected chi connectivity index (χ3v) is 5.34. The number of carbonyl (C=O) groups excluding carboxylic acids is 1. The lowest BCUT2D eigenvalue weighted by atomic mass is 9.96. The summed E-state index contributed by atoms with van der Waals surface area (Å²) in [7, 11) is 0. The number of benzene rings is 1. The summed E-state index contributed by atoms with van der Waals surface area (Å²) in [4.78, 5) is 22.3. The average molecular weight is 422 g/mol. The molecular weight excluding hydrogens is 394 g/mol. The van der Waals surface area contributed by atoms with Crippen molar-refractivity contribution in [1.82, 2.24) is 25.0 Å². The Hall–Kier alpha value is -3.53. The van der Waals surface area contributed by atoms with Crippen molar-refractivity contribution in [3.63, 3.8) is 0 Å². The minimum Gasteiger partial charge on any atom is -0.365 e. The van der Waals surface area contributed by atoms with Gasteiger partial charge in [0.25, 0.3) is 5.91 Å². The fourth-order valence-corrected chi connectivity index (χ4v) is 3.48. The van der Waals surface area contributed by atoms with E-state index >= 15 is 0 Å². The summed E-state index contributed by atoms with van der Waals surface area (Å²) in [6.07, 6.45) is 7.48. The number of nitrogens with zero attached hydrogens (tertiary/aromatic N) is 5. The average Bonchev–Trinajstić information content (AvgIpc) is 3.24. The Kier molecular flexibility index (Phi) is 5.55. The molecule has 1 atom stereocenters. The zero-order valence-electron chi connectivity index (χ0n) is 17.6. The molecule has 1 aliphatic carbocycles. The predicted octanol–water partition coefficient (Wildman–Crippen LogP) is 2.22. The van der Waals surface area contributed by atoms with Crippen LogP contribution in [0.5, 0.6) is 0 Å². The van der Waals surface area contributed by atoms with E-state index in [0.29, 0.717) is 23.4 Å². The van der Waals surface area contributed by atoms with Crippen LogP contribution in [0.4, 0.5) is 17.5 Å². The molecular formula is C21H27N9O. The molecule has 1 aromatic carbocycles. The Balaban J connectivity index is 1.61. The Labute approximate surface area is 180 Å². The Morgan fingerprint density at radius 1 is 1.26 bits per heavy atom. The highest BCUT2D eigenvalue weighted by molar-refractivity contribution is 5.98. The van der Waals surface area contributed by atoms with Crippen LogP contribution in [-0.4, -0.2) is 42.4 Å². The van der Waals surface area contributed by atoms with E-state index in [1.807, 2.05) is 24.3 Å². The van der Waals surface area contributed by atoms with Gasteiger partial charge in [-0.25, -0.2) is 4.98 Å². The zero-order chi connectivity index (χ0) is 22.0. The number of amides is 1. The van der Waals surface area contributed by atoms with Gasteiger partial charge in [0.05, 0.1) is 18.1 Å². The predicted molar refractivity (Wildman–Crippen MR) is 118 cm³/mol. The quantitative estimate of drug-likeness (QED) is 0.411. The highest BCUT2D eigenvalue weighted by atomic mass is 16.1. The molecule has 0 aliphatic heterocycles. The summed E-state index contributed by atoms with van der Waals surface area (Å²) in [5.41, 5.74) is 13.4. The van der Waals surface area contributed by atoms with Crippen molar-refractivity contribution in [3.05, 3.63) is 48.4 Å². The van der Waals surface area contributed by atoms with Gasteiger partial charge < -0.3 is 22.1 Å². The summed E-state index contributed by atoms with van der Waals surface area (Å²) >= 11 is 0. The lowest BCUT2D eigenvalue weighted by Gasteiger charge is -2.26. The van der Waals surface area contributed by atoms with Gasteiger partial charge in [-0.05, 0) is 43.4 Å². The number of hydrogen-bond donors (Lipinski definition) is 4. The van der Waals surface area contributed by atoms with E-state index in [0.717, 1.165) is 24.9 Å². The topological polar surface area (TPSA) is 150 Å². The molecule has 0 bridgehead atoms. The largest absolute Gasteiger partial charge is 0.365 e. The van der Waals surface area contributed by atoms with Crippen LogP contribution in [0.15, 0.2) is 42.9 Å². The van der Waals surface area contributed by atoms with E-state index in [-0.39, 0.29) is 17.1 Å². The Morgan fingerprint density at radius 2 is 2.00 bits per heavy atom. The van der Waals surface area contributed by atoms with Crippen molar-refractivity contribution in [2.75, 3.05) is 10.6 Å². The van der Waals surface area contributed by atoms with Crippen molar-refractivity contribution in [1.29, 1.82) is 0 Å². The molecule has 4 rings (SSSR count). The van der Waals surface area contributed by atoms with E-state index in [1.54, 1.807) is 12.4 Å². The normalized spacial score (nSPS) is 15.5. The highest BCUT2D eigenvalue weighted by Crippen LogP contribution is 2.39. The van der Waals surface area contributed by atoms with Gasteiger partial charge in [-0.2, -0.15) is 20.0 Å². The minimum atomic E-state index is -0.616. The smallest absolute Gasteiger partial charge is 0.254 e. The van der Waals surface area contributed by atoms with Crippen LogP contribution in [0.3, 0.4) is 0 Å². The van der Waals surface area contributed by atoms with E-state index in [4.69, 9.17) is 11.5 Å². The van der Waals surface area contributed by atoms with Gasteiger partial charge in [0.1, 0.15) is 11.4 Å². The first-order chi connectivity index (χ1) is 14.8. The third kappa shape index (κ3) is 4.80. The van der Waals surface area contributed by atoms with Gasteiger partial charge >= 0.3 is 0 Å². The monoisotopic (exact) mass is 421 g/mol. The van der Waals surface area contributed by atoms with Crippen LogP contribution in [0.1, 0.15) is 43.5 Å². The van der Waals surface area contributed by atoms with Gasteiger partial charge in [0, 0.05) is 23.5 Å². The first-order valence-corrected chi connectivity index (χ1v) is 10.3. The highest BCUT2D eigenvalue weighted by Gasteiger charge is 2.46. The summed E-state index contributed by atoms with van der Waals surface area (Å²) < 4.78 is 0. The summed E-state index contributed by atoms with van der Waals surface area (Å²) in [5, 5.41) is 14.8. The zero-order valence-corrected chi connectivity index (χ0v) is 17.6. The minimum absolute atomic E-state index is 0.0500. The molecule has 2 aromatic heterocycles. The maximum Gasteiger partial charge on any atom is 0.254 e. The van der Waals surface area contributed by atoms with Gasteiger partial charge in [-0.1, -0.05) is 19.9 Å². The summed E-state index contributed by atoms with van der Waals surface area (Å²) in [5.74, 6) is 0.579. The van der Waals surface area contributed by atoms with Gasteiger partial charge in [-0.3, -0.25) is 4.79 Å². The second-order valence-corrected chi connectivity index (χ2v) is 8.37. The molecule has 10 nitrogen and oxygen atoms in total. The maximum atomic E-state index is 12.0. The first-order valence-electron chi connectivity index (χ1n) is 10.3. The second kappa shape index (κ2) is 8.31. The van der Waals surface area contributed by atoms with Crippen LogP contribution in [0.2, 0.25) is 0 Å². The van der Waals surface area contributed by atoms with Crippen LogP contribution in [-0.2, 0) is 0 Å². The summed E-state index contributed by atoms with van der Waals surface area (Å²) in [6.45, 7) is 4.32. The van der Waals surface area contributed by atoms with Crippen molar-refractivity contribution >= 4 is 23.4 Å². The van der Waals surface area contributed by atoms with Crippen molar-refractivity contribution < 1.29 is 4.79 Å². The second-order valence-electron chi connectivity index (χ2n) is 8.37. The molecule has 1 aliphatic rings. The number of rotatable bonds is 9. The lowest BCUT2D eigenvalue weighted by Crippen LogP contribution is -2.44. The molecule has 1 amide bonds. The van der Waals surface area contributed by atoms with Crippen molar-refractivity contribution in [3.8, 4) is 5.69 Å². The van der Waals surface area contributed by atoms with Crippen LogP contribution >= 0.6 is 0 Å². The molecule has 31 heavy (non-hydrogen) atoms. The van der Waals surface area contributed by atoms with E-state index in [1.165, 1.54) is 11.0 Å². The fraction of sp³-hybridized carbons (Fsp3) is 0.381. The number of carbonyl (C=O) groups is 1. The standard InChI is InChI=1S/C21H27N9O/c1-13(2)10-17(21(23)6-7-21)28-20-24-12-16(18(22)31)19(29-20)27-14-4-3-5-15(11-14)30-25-8-9-26-30/h3-5,8-9,11-13,17H,6-7,10,23H2,1-2H3,(H2,22,31)(H2,24,27,28,29)/t17-/m1/s1. The van der Waals surface area contributed by atoms with Crippen LogP contribution in [0, 0.1) is 5.92 Å². The van der Waals surface area contributed by atoms with E-state index in [2.05, 4.69) is 44.6 Å². The molecule has 162 valence electrons. The molecule has 1 fully saturated rings. The van der Waals surface area contributed by atoms with Gasteiger partial charge in [-0.15, -0.1) is 0 Å². The fourth-order valence-electron chi connectivity index (χ4n) is 3.48. The number of hydrogen-bond acceptors (Lipinski definition) is 8. The molecule has 0 radical (unpaired) electrons. The van der Waals surface area contributed by atoms with Crippen LogP contribution < -0.4 is 22.1 Å². The van der Waals surface area contributed by atoms with Gasteiger partial charge in [0.2, 0.25) is 5.95 Å². The molecule has 2 heterocycles. The van der Waals surface area contributed by atoms with Crippen molar-refractivity contribution in [2.45, 2.75) is 44.7 Å². The number of primary amides is 1. The molecule has 0 spiro atoms. The summed E-state index contributed by atoms with van der Waals surface area (Å²) in [6, 6.07) is 7.48. The molecule has 1 saturated carbocycles. The number of nitrogens with two attached hydrogens (primary N) is 2. The Morgan fingerprint density at radius 3 is 2.65 bits per heavy atom. The van der Waals surface area contributed by atoms with Crippen molar-refractivity contribution in [2.24, 2.45) is 17.4 Å². The van der Waals surface area contributed by atoms with E-state index < -0.39 is 5.91 Å². The maximum absolute atomic E-state index is 12.0.